The average molecular weight is 311 g/mol. The number of aliphatic carboxylic acids is 1. The van der Waals surface area contributed by atoms with Crippen LogP contribution in [-0.4, -0.2) is 42.1 Å². The van der Waals surface area contributed by atoms with Crippen molar-refractivity contribution < 1.29 is 18.3 Å². The van der Waals surface area contributed by atoms with Gasteiger partial charge < -0.3 is 5.11 Å². The summed E-state index contributed by atoms with van der Waals surface area (Å²) in [5.74, 6) is -1.26. The molecule has 2 atom stereocenters. The summed E-state index contributed by atoms with van der Waals surface area (Å²) in [6, 6.07) is 8.51. The van der Waals surface area contributed by atoms with Gasteiger partial charge in [0, 0.05) is 6.54 Å². The molecule has 0 radical (unpaired) electrons. The van der Waals surface area contributed by atoms with Crippen LogP contribution in [0.5, 0.6) is 0 Å². The summed E-state index contributed by atoms with van der Waals surface area (Å²) >= 11 is 0. The van der Waals surface area contributed by atoms with Crippen molar-refractivity contribution >= 4 is 16.0 Å². The number of hydrogen-bond acceptors (Lipinski definition) is 3. The molecule has 5 nitrogen and oxygen atoms in total. The number of nitrogens with zero attached hydrogens (tertiary/aromatic N) is 1. The molecule has 1 fully saturated rings. The number of carboxylic acids is 1. The second kappa shape index (κ2) is 6.58. The predicted molar refractivity (Wildman–Crippen MR) is 80.6 cm³/mol. The third-order valence-corrected chi connectivity index (χ3v) is 6.00. The van der Waals surface area contributed by atoms with Gasteiger partial charge in [-0.25, -0.2) is 8.42 Å². The Morgan fingerprint density at radius 3 is 2.62 bits per heavy atom. The third-order valence-electron chi connectivity index (χ3n) is 3.93. The third kappa shape index (κ3) is 3.83. The molecule has 0 aromatic heterocycles. The zero-order chi connectivity index (χ0) is 15.5. The fourth-order valence-electron chi connectivity index (χ4n) is 2.77. The van der Waals surface area contributed by atoms with Crippen LogP contribution in [-0.2, 0) is 14.8 Å². The number of hydrogen-bond donors (Lipinski definition) is 1. The molecule has 1 saturated heterocycles. The van der Waals surface area contributed by atoms with Crippen LogP contribution in [0.15, 0.2) is 30.3 Å². The topological polar surface area (TPSA) is 74.7 Å². The van der Waals surface area contributed by atoms with Crippen molar-refractivity contribution in [3.63, 3.8) is 0 Å². The maximum atomic E-state index is 12.5. The molecule has 0 saturated carbocycles. The van der Waals surface area contributed by atoms with Gasteiger partial charge in [-0.1, -0.05) is 37.3 Å². The summed E-state index contributed by atoms with van der Waals surface area (Å²) in [5, 5.41) is 9.22. The fraction of sp³-hybridized carbons (Fsp3) is 0.533. The Morgan fingerprint density at radius 2 is 2.00 bits per heavy atom. The van der Waals surface area contributed by atoms with Crippen LogP contribution < -0.4 is 0 Å². The first-order chi connectivity index (χ1) is 9.92. The van der Waals surface area contributed by atoms with E-state index in [1.54, 1.807) is 0 Å². The summed E-state index contributed by atoms with van der Waals surface area (Å²) in [4.78, 5) is 11.3. The standard InChI is InChI=1S/C15H21NO4S/c1-12(13-7-3-2-4-8-13)11-21(19,20)16-10-6-5-9-14(16)15(17)18/h2-4,7-8,12,14H,5-6,9-11H2,1H3,(H,17,18)/t12?,14-/m1/s1. The van der Waals surface area contributed by atoms with Gasteiger partial charge in [0.15, 0.2) is 0 Å². The maximum absolute atomic E-state index is 12.5. The van der Waals surface area contributed by atoms with E-state index in [0.717, 1.165) is 18.4 Å². The van der Waals surface area contributed by atoms with Crippen LogP contribution in [0.4, 0.5) is 0 Å². The largest absolute Gasteiger partial charge is 0.480 e. The molecule has 116 valence electrons. The summed E-state index contributed by atoms with van der Waals surface area (Å²) in [7, 11) is -3.57. The molecule has 0 spiro atoms. The monoisotopic (exact) mass is 311 g/mol. The second-order valence-electron chi connectivity index (χ2n) is 5.55. The van der Waals surface area contributed by atoms with E-state index in [1.165, 1.54) is 4.31 Å². The Balaban J connectivity index is 2.15. The highest BCUT2D eigenvalue weighted by Crippen LogP contribution is 2.25. The first-order valence-electron chi connectivity index (χ1n) is 7.19. The Hall–Kier alpha value is -1.40. The van der Waals surface area contributed by atoms with Crippen molar-refractivity contribution in [2.45, 2.75) is 38.1 Å². The van der Waals surface area contributed by atoms with Gasteiger partial charge >= 0.3 is 5.97 Å². The molecule has 6 heteroatoms. The molecule has 2 rings (SSSR count). The van der Waals surface area contributed by atoms with E-state index in [2.05, 4.69) is 0 Å². The van der Waals surface area contributed by atoms with E-state index >= 15 is 0 Å². The normalized spacial score (nSPS) is 21.9. The molecule has 1 aromatic carbocycles. The second-order valence-corrected chi connectivity index (χ2v) is 7.52. The number of rotatable bonds is 5. The molecule has 1 unspecified atom stereocenters. The quantitative estimate of drug-likeness (QED) is 0.903. The van der Waals surface area contributed by atoms with Crippen molar-refractivity contribution in [3.05, 3.63) is 35.9 Å². The van der Waals surface area contributed by atoms with Gasteiger partial charge in [-0.05, 0) is 30.7 Å². The Labute approximate surface area is 125 Å². The smallest absolute Gasteiger partial charge is 0.322 e. The lowest BCUT2D eigenvalue weighted by atomic mass is 10.0. The molecule has 1 heterocycles. The van der Waals surface area contributed by atoms with Crippen LogP contribution in [0.25, 0.3) is 0 Å². The lowest BCUT2D eigenvalue weighted by Gasteiger charge is -2.32. The van der Waals surface area contributed by atoms with E-state index in [-0.39, 0.29) is 11.7 Å². The minimum atomic E-state index is -3.57. The minimum absolute atomic E-state index is 0.0548. The predicted octanol–water partition coefficient (Wildman–Crippen LogP) is 2.06. The van der Waals surface area contributed by atoms with Gasteiger partial charge in [0.05, 0.1) is 5.75 Å². The first kappa shape index (κ1) is 16.0. The summed E-state index contributed by atoms with van der Waals surface area (Å²) in [5.41, 5.74) is 0.949. The summed E-state index contributed by atoms with van der Waals surface area (Å²) in [6.45, 7) is 2.16. The van der Waals surface area contributed by atoms with E-state index < -0.39 is 22.0 Å². The maximum Gasteiger partial charge on any atom is 0.322 e. The Bertz CT molecular complexity index is 585. The minimum Gasteiger partial charge on any atom is -0.480 e. The molecule has 1 N–H and O–H groups in total. The van der Waals surface area contributed by atoms with Gasteiger partial charge in [0.25, 0.3) is 0 Å². The Kier molecular flexibility index (Phi) is 5.00. The van der Waals surface area contributed by atoms with Crippen LogP contribution >= 0.6 is 0 Å². The fourth-order valence-corrected chi connectivity index (χ4v) is 4.78. The molecule has 0 bridgehead atoms. The summed E-state index contributed by atoms with van der Waals surface area (Å²) in [6.07, 6.45) is 1.88. The molecule has 1 aliphatic heterocycles. The molecule has 1 aliphatic rings. The zero-order valence-corrected chi connectivity index (χ0v) is 12.9. The van der Waals surface area contributed by atoms with Gasteiger partial charge in [-0.2, -0.15) is 4.31 Å². The molecular formula is C15H21NO4S. The number of benzene rings is 1. The molecule has 1 aromatic rings. The van der Waals surface area contributed by atoms with E-state index in [4.69, 9.17) is 0 Å². The van der Waals surface area contributed by atoms with Gasteiger partial charge in [0.2, 0.25) is 10.0 Å². The number of sulfonamides is 1. The van der Waals surface area contributed by atoms with Gasteiger partial charge in [0.1, 0.15) is 6.04 Å². The van der Waals surface area contributed by atoms with Crippen molar-refractivity contribution in [1.29, 1.82) is 0 Å². The van der Waals surface area contributed by atoms with Crippen molar-refractivity contribution in [2.24, 2.45) is 0 Å². The van der Waals surface area contributed by atoms with Crippen LogP contribution in [0.2, 0.25) is 0 Å². The van der Waals surface area contributed by atoms with Crippen molar-refractivity contribution in [2.75, 3.05) is 12.3 Å². The van der Waals surface area contributed by atoms with Gasteiger partial charge in [-0.15, -0.1) is 0 Å². The lowest BCUT2D eigenvalue weighted by Crippen LogP contribution is -2.49. The molecular weight excluding hydrogens is 290 g/mol. The molecule has 0 amide bonds. The Morgan fingerprint density at radius 1 is 1.33 bits per heavy atom. The highest BCUT2D eigenvalue weighted by atomic mass is 32.2. The molecule has 0 aliphatic carbocycles. The van der Waals surface area contributed by atoms with Gasteiger partial charge in [-0.3, -0.25) is 4.79 Å². The lowest BCUT2D eigenvalue weighted by molar-refractivity contribution is -0.142. The average Bonchev–Trinajstić information content (AvgIpc) is 2.47. The SMILES string of the molecule is CC(CS(=O)(=O)N1CCCC[C@@H]1C(=O)O)c1ccccc1. The highest BCUT2D eigenvalue weighted by molar-refractivity contribution is 7.89. The number of carboxylic acid groups (broad SMARTS) is 1. The van der Waals surface area contributed by atoms with Crippen LogP contribution in [0, 0.1) is 0 Å². The van der Waals surface area contributed by atoms with Crippen LogP contribution in [0.1, 0.15) is 37.7 Å². The van der Waals surface area contributed by atoms with E-state index in [9.17, 15) is 18.3 Å². The van der Waals surface area contributed by atoms with Crippen molar-refractivity contribution in [1.82, 2.24) is 4.31 Å². The zero-order valence-electron chi connectivity index (χ0n) is 12.1. The number of carbonyl (C=O) groups is 1. The van der Waals surface area contributed by atoms with E-state index in [0.29, 0.717) is 13.0 Å². The van der Waals surface area contributed by atoms with E-state index in [1.807, 2.05) is 37.3 Å². The van der Waals surface area contributed by atoms with Crippen molar-refractivity contribution in [3.8, 4) is 0 Å². The highest BCUT2D eigenvalue weighted by Gasteiger charge is 2.37. The molecule has 21 heavy (non-hydrogen) atoms. The summed E-state index contributed by atoms with van der Waals surface area (Å²) < 4.78 is 26.3. The first-order valence-corrected chi connectivity index (χ1v) is 8.80. The number of piperidine rings is 1. The van der Waals surface area contributed by atoms with Crippen LogP contribution in [0.3, 0.4) is 0 Å².